The van der Waals surface area contributed by atoms with Gasteiger partial charge in [-0.25, -0.2) is 4.39 Å². The minimum atomic E-state index is -0.824. The van der Waals surface area contributed by atoms with Crippen molar-refractivity contribution in [3.05, 3.63) is 41.5 Å². The second-order valence-corrected chi connectivity index (χ2v) is 7.83. The zero-order valence-corrected chi connectivity index (χ0v) is 13.7. The van der Waals surface area contributed by atoms with Crippen LogP contribution in [0.15, 0.2) is 24.8 Å². The van der Waals surface area contributed by atoms with Crippen LogP contribution in [0.25, 0.3) is 0 Å². The number of nitrogens with zero attached hydrogens (tertiary/aromatic N) is 1. The molecule has 2 aliphatic carbocycles. The van der Waals surface area contributed by atoms with Gasteiger partial charge in [0.2, 0.25) is 0 Å². The summed E-state index contributed by atoms with van der Waals surface area (Å²) in [5.41, 5.74) is 3.88. The van der Waals surface area contributed by atoms with Crippen molar-refractivity contribution >= 4 is 0 Å². The number of rotatable bonds is 2. The molecule has 1 saturated heterocycles. The molecule has 1 aromatic rings. The molecule has 2 fully saturated rings. The average Bonchev–Trinajstić information content (AvgIpc) is 2.89. The van der Waals surface area contributed by atoms with Crippen molar-refractivity contribution in [2.45, 2.75) is 56.3 Å². The summed E-state index contributed by atoms with van der Waals surface area (Å²) < 4.78 is 21.1. The Balaban J connectivity index is 1.73. The summed E-state index contributed by atoms with van der Waals surface area (Å²) in [4.78, 5) is 2.57. The Morgan fingerprint density at radius 3 is 3.13 bits per heavy atom. The van der Waals surface area contributed by atoms with E-state index in [2.05, 4.69) is 30.5 Å². The average molecular weight is 313 g/mol. The second kappa shape index (κ2) is 4.60. The van der Waals surface area contributed by atoms with Gasteiger partial charge >= 0.3 is 0 Å². The summed E-state index contributed by atoms with van der Waals surface area (Å²) in [5.74, 6) is 1.54. The van der Waals surface area contributed by atoms with E-state index in [9.17, 15) is 4.39 Å². The molecular weight excluding hydrogens is 289 g/mol. The fourth-order valence-electron chi connectivity index (χ4n) is 6.10. The Morgan fingerprint density at radius 1 is 1.43 bits per heavy atom. The molecule has 2 aliphatic heterocycles. The number of halogens is 1. The van der Waals surface area contributed by atoms with Crippen LogP contribution in [0, 0.1) is 12.8 Å². The number of hydrogen-bond donors (Lipinski definition) is 0. The third-order valence-electron chi connectivity index (χ3n) is 6.94. The van der Waals surface area contributed by atoms with Gasteiger partial charge in [0, 0.05) is 23.6 Å². The van der Waals surface area contributed by atoms with E-state index < -0.39 is 6.17 Å². The van der Waals surface area contributed by atoms with Gasteiger partial charge < -0.3 is 4.74 Å². The van der Waals surface area contributed by atoms with Crippen molar-refractivity contribution in [1.82, 2.24) is 4.90 Å². The zero-order valence-electron chi connectivity index (χ0n) is 13.7. The van der Waals surface area contributed by atoms with Gasteiger partial charge in [-0.05, 0) is 56.2 Å². The highest BCUT2D eigenvalue weighted by Gasteiger charge is 2.65. The molecule has 0 aromatic heterocycles. The number of ether oxygens (including phenoxy) is 1. The lowest BCUT2D eigenvalue weighted by Gasteiger charge is -2.58. The molecule has 1 aromatic carbocycles. The van der Waals surface area contributed by atoms with Crippen LogP contribution in [0.5, 0.6) is 5.75 Å². The summed E-state index contributed by atoms with van der Waals surface area (Å²) >= 11 is 0. The number of alkyl halides is 1. The predicted octanol–water partition coefficient (Wildman–Crippen LogP) is 3.56. The molecular formula is C20H24FNO. The molecule has 5 atom stereocenters. The third kappa shape index (κ3) is 1.57. The molecule has 2 bridgehead atoms. The van der Waals surface area contributed by atoms with E-state index in [1.165, 1.54) is 16.7 Å². The number of benzene rings is 1. The van der Waals surface area contributed by atoms with Crippen LogP contribution in [0.1, 0.15) is 36.0 Å². The quantitative estimate of drug-likeness (QED) is 0.774. The van der Waals surface area contributed by atoms with Crippen LogP contribution in [0.2, 0.25) is 0 Å². The first kappa shape index (κ1) is 14.0. The van der Waals surface area contributed by atoms with Crippen LogP contribution in [0.3, 0.4) is 0 Å². The van der Waals surface area contributed by atoms with Gasteiger partial charge in [-0.3, -0.25) is 4.90 Å². The van der Waals surface area contributed by atoms with Crippen molar-refractivity contribution in [1.29, 1.82) is 0 Å². The van der Waals surface area contributed by atoms with E-state index in [-0.39, 0.29) is 11.5 Å². The molecule has 1 spiro atoms. The van der Waals surface area contributed by atoms with Crippen molar-refractivity contribution < 1.29 is 9.13 Å². The molecule has 5 rings (SSSR count). The van der Waals surface area contributed by atoms with Gasteiger partial charge in [-0.2, -0.15) is 0 Å². The van der Waals surface area contributed by atoms with Crippen LogP contribution >= 0.6 is 0 Å². The summed E-state index contributed by atoms with van der Waals surface area (Å²) in [6.45, 7) is 8.01. The van der Waals surface area contributed by atoms with E-state index in [1.54, 1.807) is 0 Å². The predicted molar refractivity (Wildman–Crippen MR) is 88.8 cm³/mol. The molecule has 1 saturated carbocycles. The first-order valence-electron chi connectivity index (χ1n) is 8.95. The summed E-state index contributed by atoms with van der Waals surface area (Å²) in [6, 6.07) is 4.94. The molecule has 2 heterocycles. The Bertz CT molecular complexity index is 686. The maximum atomic E-state index is 14.8. The van der Waals surface area contributed by atoms with Crippen LogP contribution in [-0.4, -0.2) is 36.3 Å². The highest BCUT2D eigenvalue weighted by atomic mass is 19.1. The maximum Gasteiger partial charge on any atom is 0.140 e. The van der Waals surface area contributed by atoms with Gasteiger partial charge in [-0.15, -0.1) is 6.58 Å². The summed E-state index contributed by atoms with van der Waals surface area (Å²) in [7, 11) is 0. The summed E-state index contributed by atoms with van der Waals surface area (Å²) in [5, 5.41) is 0. The largest absolute Gasteiger partial charge is 0.486 e. The van der Waals surface area contributed by atoms with Gasteiger partial charge in [0.25, 0.3) is 0 Å². The van der Waals surface area contributed by atoms with Gasteiger partial charge in [0.15, 0.2) is 0 Å². The molecule has 0 amide bonds. The Labute approximate surface area is 137 Å². The van der Waals surface area contributed by atoms with Crippen LogP contribution in [0.4, 0.5) is 4.39 Å². The smallest absolute Gasteiger partial charge is 0.140 e. The minimum Gasteiger partial charge on any atom is -0.486 e. The van der Waals surface area contributed by atoms with Crippen molar-refractivity contribution in [3.63, 3.8) is 0 Å². The van der Waals surface area contributed by atoms with Crippen molar-refractivity contribution in [2.75, 3.05) is 13.1 Å². The fourth-order valence-corrected chi connectivity index (χ4v) is 6.10. The minimum absolute atomic E-state index is 0.0745. The maximum absolute atomic E-state index is 14.8. The Morgan fingerprint density at radius 2 is 2.30 bits per heavy atom. The van der Waals surface area contributed by atoms with E-state index in [4.69, 9.17) is 4.74 Å². The number of aryl methyl sites for hydroxylation is 1. The number of piperidine rings is 1. The van der Waals surface area contributed by atoms with E-state index in [1.807, 2.05) is 6.08 Å². The van der Waals surface area contributed by atoms with Gasteiger partial charge in [0.1, 0.15) is 18.0 Å². The van der Waals surface area contributed by atoms with Gasteiger partial charge in [0.05, 0.1) is 0 Å². The third-order valence-corrected chi connectivity index (χ3v) is 6.94. The molecule has 23 heavy (non-hydrogen) atoms. The van der Waals surface area contributed by atoms with Crippen molar-refractivity contribution in [3.8, 4) is 5.75 Å². The fraction of sp³-hybridized carbons (Fsp3) is 0.600. The highest BCUT2D eigenvalue weighted by Crippen LogP contribution is 2.63. The Hall–Kier alpha value is -1.35. The van der Waals surface area contributed by atoms with Crippen molar-refractivity contribution in [2.24, 2.45) is 5.92 Å². The Kier molecular flexibility index (Phi) is 2.80. The first-order chi connectivity index (χ1) is 11.2. The second-order valence-electron chi connectivity index (χ2n) is 7.83. The zero-order chi connectivity index (χ0) is 15.8. The first-order valence-corrected chi connectivity index (χ1v) is 8.95. The molecule has 0 radical (unpaired) electrons. The number of hydrogen-bond acceptors (Lipinski definition) is 2. The van der Waals surface area contributed by atoms with Crippen LogP contribution < -0.4 is 4.74 Å². The molecule has 122 valence electrons. The molecule has 4 aliphatic rings. The highest BCUT2D eigenvalue weighted by molar-refractivity contribution is 5.58. The SMILES string of the molecule is C=CCN1CCC23c4c5ccc(C)c4O[C@@H]2C(F)CCC3[C@@H]1C5. The molecule has 3 heteroatoms. The van der Waals surface area contributed by atoms with Gasteiger partial charge in [-0.1, -0.05) is 18.2 Å². The standard InChI is InChI=1S/C20H24FNO/c1-3-9-22-10-8-20-14-6-7-15(21)19(20)23-18-12(2)4-5-13(17(18)20)11-16(14)22/h3-5,14-16,19H,1,6-11H2,2H3/t14?,15?,16-,19+,20?/m0/s1. The topological polar surface area (TPSA) is 12.5 Å². The lowest BCUT2D eigenvalue weighted by molar-refractivity contribution is -0.0797. The van der Waals surface area contributed by atoms with E-state index in [0.29, 0.717) is 18.4 Å². The van der Waals surface area contributed by atoms with E-state index >= 15 is 0 Å². The lowest BCUT2D eigenvalue weighted by Crippen LogP contribution is -2.66. The molecule has 2 nitrogen and oxygen atoms in total. The normalized spacial score (nSPS) is 40.4. The molecule has 3 unspecified atom stereocenters. The number of likely N-dealkylation sites (tertiary alicyclic amines) is 1. The summed E-state index contributed by atoms with van der Waals surface area (Å²) in [6.07, 6.45) is 4.67. The van der Waals surface area contributed by atoms with E-state index in [0.717, 1.165) is 38.1 Å². The monoisotopic (exact) mass is 313 g/mol. The lowest BCUT2D eigenvalue weighted by atomic mass is 9.51. The van der Waals surface area contributed by atoms with Crippen LogP contribution in [-0.2, 0) is 11.8 Å². The molecule has 0 N–H and O–H groups in total.